The largest absolute Gasteiger partial charge is 0.378 e. The molecule has 13 heavy (non-hydrogen) atoms. The molecule has 1 aliphatic rings. The third-order valence-electron chi connectivity index (χ3n) is 2.35. The molecule has 0 unspecified atom stereocenters. The Morgan fingerprint density at radius 2 is 2.54 bits per heavy atom. The molecule has 1 saturated heterocycles. The molecule has 2 heterocycles. The average Bonchev–Trinajstić information content (AvgIpc) is 2.49. The molecule has 0 amide bonds. The Balaban J connectivity index is 1.85. The van der Waals surface area contributed by atoms with E-state index in [1.54, 1.807) is 0 Å². The Kier molecular flexibility index (Phi) is 2.61. The summed E-state index contributed by atoms with van der Waals surface area (Å²) in [6.45, 7) is 5.69. The highest BCUT2D eigenvalue weighted by molar-refractivity contribution is 4.98. The van der Waals surface area contributed by atoms with Crippen molar-refractivity contribution >= 4 is 0 Å². The Hall–Kier alpha value is -0.870. The van der Waals surface area contributed by atoms with E-state index < -0.39 is 0 Å². The summed E-state index contributed by atoms with van der Waals surface area (Å²) >= 11 is 0. The Labute approximate surface area is 77.9 Å². The Bertz CT molecular complexity index is 268. The van der Waals surface area contributed by atoms with Gasteiger partial charge in [-0.15, -0.1) is 0 Å². The first-order chi connectivity index (χ1) is 6.40. The standard InChI is InChI=1S/C9H15N3O/c1-2-12-7-10-3-9(12)4-11-8-5-13-6-8/h3,7-8,11H,2,4-6H2,1H3. The summed E-state index contributed by atoms with van der Waals surface area (Å²) in [5, 5.41) is 3.41. The molecule has 1 N–H and O–H groups in total. The fraction of sp³-hybridized carbons (Fsp3) is 0.667. The number of imidazole rings is 1. The molecule has 1 aliphatic heterocycles. The quantitative estimate of drug-likeness (QED) is 0.730. The minimum absolute atomic E-state index is 0.542. The summed E-state index contributed by atoms with van der Waals surface area (Å²) in [4.78, 5) is 4.11. The number of nitrogens with zero attached hydrogens (tertiary/aromatic N) is 2. The van der Waals surface area contributed by atoms with Gasteiger partial charge in [-0.3, -0.25) is 0 Å². The first kappa shape index (κ1) is 8.72. The summed E-state index contributed by atoms with van der Waals surface area (Å²) in [6.07, 6.45) is 3.78. The molecule has 1 fully saturated rings. The molecule has 0 spiro atoms. The topological polar surface area (TPSA) is 39.1 Å². The maximum absolute atomic E-state index is 5.08. The van der Waals surface area contributed by atoms with Crippen molar-refractivity contribution in [1.29, 1.82) is 0 Å². The summed E-state index contributed by atoms with van der Waals surface area (Å²) in [6, 6.07) is 0.542. The number of ether oxygens (including phenoxy) is 1. The van der Waals surface area contributed by atoms with Crippen LogP contribution in [0.2, 0.25) is 0 Å². The second-order valence-corrected chi connectivity index (χ2v) is 3.29. The summed E-state index contributed by atoms with van der Waals surface area (Å²) < 4.78 is 7.22. The summed E-state index contributed by atoms with van der Waals surface area (Å²) in [5.41, 5.74) is 1.24. The summed E-state index contributed by atoms with van der Waals surface area (Å²) in [7, 11) is 0. The highest BCUT2D eigenvalue weighted by atomic mass is 16.5. The van der Waals surface area contributed by atoms with Crippen molar-refractivity contribution in [2.75, 3.05) is 13.2 Å². The van der Waals surface area contributed by atoms with E-state index in [9.17, 15) is 0 Å². The SMILES string of the molecule is CCn1cncc1CNC1COC1. The average molecular weight is 181 g/mol. The number of rotatable bonds is 4. The lowest BCUT2D eigenvalue weighted by Crippen LogP contribution is -2.45. The second kappa shape index (κ2) is 3.89. The molecule has 2 rings (SSSR count). The molecule has 4 nitrogen and oxygen atoms in total. The van der Waals surface area contributed by atoms with Crippen molar-refractivity contribution in [3.63, 3.8) is 0 Å². The molecule has 0 radical (unpaired) electrons. The molecule has 0 aromatic carbocycles. The molecular weight excluding hydrogens is 166 g/mol. The fourth-order valence-electron chi connectivity index (χ4n) is 1.38. The lowest BCUT2D eigenvalue weighted by atomic mass is 10.2. The highest BCUT2D eigenvalue weighted by Crippen LogP contribution is 2.03. The van der Waals surface area contributed by atoms with Crippen LogP contribution in [0.5, 0.6) is 0 Å². The Morgan fingerprint density at radius 3 is 3.15 bits per heavy atom. The van der Waals surface area contributed by atoms with Crippen LogP contribution in [0.25, 0.3) is 0 Å². The van der Waals surface area contributed by atoms with E-state index in [0.717, 1.165) is 26.3 Å². The highest BCUT2D eigenvalue weighted by Gasteiger charge is 2.17. The van der Waals surface area contributed by atoms with E-state index in [0.29, 0.717) is 6.04 Å². The fourth-order valence-corrected chi connectivity index (χ4v) is 1.38. The predicted molar refractivity (Wildman–Crippen MR) is 49.3 cm³/mol. The van der Waals surface area contributed by atoms with E-state index in [1.165, 1.54) is 5.69 Å². The maximum atomic E-state index is 5.08. The first-order valence-electron chi connectivity index (χ1n) is 4.70. The molecule has 0 saturated carbocycles. The Morgan fingerprint density at radius 1 is 1.69 bits per heavy atom. The zero-order valence-corrected chi connectivity index (χ0v) is 7.86. The van der Waals surface area contributed by atoms with Gasteiger partial charge in [0, 0.05) is 19.3 Å². The maximum Gasteiger partial charge on any atom is 0.0948 e. The van der Waals surface area contributed by atoms with E-state index in [4.69, 9.17) is 4.74 Å². The van der Waals surface area contributed by atoms with Crippen LogP contribution in [-0.2, 0) is 17.8 Å². The van der Waals surface area contributed by atoms with E-state index in [1.807, 2.05) is 12.5 Å². The lowest BCUT2D eigenvalue weighted by Gasteiger charge is -2.27. The van der Waals surface area contributed by atoms with Crippen LogP contribution in [0, 0.1) is 0 Å². The van der Waals surface area contributed by atoms with Crippen LogP contribution in [0.15, 0.2) is 12.5 Å². The molecule has 72 valence electrons. The smallest absolute Gasteiger partial charge is 0.0948 e. The monoisotopic (exact) mass is 181 g/mol. The minimum atomic E-state index is 0.542. The second-order valence-electron chi connectivity index (χ2n) is 3.29. The van der Waals surface area contributed by atoms with Crippen molar-refractivity contribution in [3.05, 3.63) is 18.2 Å². The van der Waals surface area contributed by atoms with E-state index >= 15 is 0 Å². The first-order valence-corrected chi connectivity index (χ1v) is 4.70. The minimum Gasteiger partial charge on any atom is -0.378 e. The van der Waals surface area contributed by atoms with Gasteiger partial charge in [0.1, 0.15) is 0 Å². The van der Waals surface area contributed by atoms with Crippen LogP contribution in [0.1, 0.15) is 12.6 Å². The van der Waals surface area contributed by atoms with Crippen molar-refractivity contribution in [2.24, 2.45) is 0 Å². The molecule has 0 atom stereocenters. The van der Waals surface area contributed by atoms with Crippen LogP contribution in [-0.4, -0.2) is 28.8 Å². The van der Waals surface area contributed by atoms with Crippen LogP contribution in [0.4, 0.5) is 0 Å². The zero-order chi connectivity index (χ0) is 9.10. The van der Waals surface area contributed by atoms with Gasteiger partial charge in [0.05, 0.1) is 31.3 Å². The number of hydrogen-bond acceptors (Lipinski definition) is 3. The number of aryl methyl sites for hydroxylation is 1. The molecule has 4 heteroatoms. The normalized spacial score (nSPS) is 17.3. The number of hydrogen-bond donors (Lipinski definition) is 1. The van der Waals surface area contributed by atoms with Gasteiger partial charge in [-0.05, 0) is 6.92 Å². The lowest BCUT2D eigenvalue weighted by molar-refractivity contribution is -0.00601. The number of nitrogens with one attached hydrogen (secondary N) is 1. The van der Waals surface area contributed by atoms with Gasteiger partial charge in [-0.1, -0.05) is 0 Å². The van der Waals surface area contributed by atoms with Crippen LogP contribution >= 0.6 is 0 Å². The predicted octanol–water partition coefficient (Wildman–Crippen LogP) is 0.391. The van der Waals surface area contributed by atoms with Gasteiger partial charge >= 0.3 is 0 Å². The van der Waals surface area contributed by atoms with Gasteiger partial charge in [0.2, 0.25) is 0 Å². The molecular formula is C9H15N3O. The molecule has 0 bridgehead atoms. The van der Waals surface area contributed by atoms with Crippen molar-refractivity contribution in [2.45, 2.75) is 26.1 Å². The molecule has 1 aromatic heterocycles. The van der Waals surface area contributed by atoms with E-state index in [2.05, 4.69) is 21.8 Å². The van der Waals surface area contributed by atoms with Crippen molar-refractivity contribution in [1.82, 2.24) is 14.9 Å². The van der Waals surface area contributed by atoms with Crippen molar-refractivity contribution in [3.8, 4) is 0 Å². The van der Waals surface area contributed by atoms with Crippen molar-refractivity contribution < 1.29 is 4.74 Å². The van der Waals surface area contributed by atoms with Crippen LogP contribution in [0.3, 0.4) is 0 Å². The third kappa shape index (κ3) is 1.89. The van der Waals surface area contributed by atoms with Gasteiger partial charge in [0.25, 0.3) is 0 Å². The van der Waals surface area contributed by atoms with E-state index in [-0.39, 0.29) is 0 Å². The van der Waals surface area contributed by atoms with Gasteiger partial charge in [-0.25, -0.2) is 4.98 Å². The molecule has 0 aliphatic carbocycles. The molecule has 1 aromatic rings. The third-order valence-corrected chi connectivity index (χ3v) is 2.35. The van der Waals surface area contributed by atoms with Gasteiger partial charge < -0.3 is 14.6 Å². The van der Waals surface area contributed by atoms with Crippen LogP contribution < -0.4 is 5.32 Å². The number of aromatic nitrogens is 2. The van der Waals surface area contributed by atoms with Gasteiger partial charge in [-0.2, -0.15) is 0 Å². The van der Waals surface area contributed by atoms with Gasteiger partial charge in [0.15, 0.2) is 0 Å². The zero-order valence-electron chi connectivity index (χ0n) is 7.86. The summed E-state index contributed by atoms with van der Waals surface area (Å²) in [5.74, 6) is 0.